The molecule has 0 atom stereocenters. The van der Waals surface area contributed by atoms with Crippen LogP contribution in [-0.2, 0) is 7.05 Å². The molecule has 25 heavy (non-hydrogen) atoms. The van der Waals surface area contributed by atoms with Gasteiger partial charge in [0.05, 0.1) is 15.6 Å². The highest BCUT2D eigenvalue weighted by Crippen LogP contribution is 2.33. The standard InChI is InChI=1S/C15H11Cl2N3O.2C2H6/c1-8-18-7-9-6-10(15(21)20(2)14(9)19-8)13-11(16)4-3-5-12(13)17;2*1-2/h3-7H,1-2H3;2*1-2H3. The number of rotatable bonds is 1. The van der Waals surface area contributed by atoms with Crippen molar-refractivity contribution in [2.24, 2.45) is 7.05 Å². The van der Waals surface area contributed by atoms with E-state index in [4.69, 9.17) is 23.2 Å². The summed E-state index contributed by atoms with van der Waals surface area (Å²) in [6, 6.07) is 6.88. The molecule has 0 bridgehead atoms. The number of fused-ring (bicyclic) bond motifs is 1. The Kier molecular flexibility index (Phi) is 8.07. The summed E-state index contributed by atoms with van der Waals surface area (Å²) >= 11 is 12.4. The third-order valence-corrected chi connectivity index (χ3v) is 3.93. The smallest absolute Gasteiger partial charge is 0.259 e. The molecule has 0 aliphatic heterocycles. The van der Waals surface area contributed by atoms with Crippen LogP contribution >= 0.6 is 23.2 Å². The molecule has 0 unspecified atom stereocenters. The molecule has 2 aromatic heterocycles. The second-order valence-corrected chi connectivity index (χ2v) is 5.53. The van der Waals surface area contributed by atoms with Crippen molar-refractivity contribution in [2.45, 2.75) is 34.6 Å². The summed E-state index contributed by atoms with van der Waals surface area (Å²) in [7, 11) is 1.67. The van der Waals surface area contributed by atoms with Crippen molar-refractivity contribution < 1.29 is 0 Å². The Morgan fingerprint density at radius 1 is 1.04 bits per heavy atom. The molecule has 1 aromatic carbocycles. The SMILES string of the molecule is CC.CC.Cc1ncc2cc(-c3c(Cl)cccc3Cl)c(=O)n(C)c2n1. The summed E-state index contributed by atoms with van der Waals surface area (Å²) in [5, 5.41) is 1.63. The Bertz CT molecular complexity index is 900. The van der Waals surface area contributed by atoms with Gasteiger partial charge in [0.25, 0.3) is 5.56 Å². The number of pyridine rings is 1. The first-order chi connectivity index (χ1) is 12.0. The van der Waals surface area contributed by atoms with Crippen LogP contribution in [0.2, 0.25) is 10.0 Å². The molecule has 3 rings (SSSR count). The minimum Gasteiger partial charge on any atom is -0.295 e. The topological polar surface area (TPSA) is 47.8 Å². The normalized spacial score (nSPS) is 9.76. The first-order valence-corrected chi connectivity index (χ1v) is 9.02. The van der Waals surface area contributed by atoms with Gasteiger partial charge in [-0.2, -0.15) is 0 Å². The maximum Gasteiger partial charge on any atom is 0.259 e. The molecule has 0 fully saturated rings. The van der Waals surface area contributed by atoms with Gasteiger partial charge in [0.15, 0.2) is 0 Å². The van der Waals surface area contributed by atoms with E-state index in [2.05, 4.69) is 9.97 Å². The number of aryl methyl sites for hydroxylation is 2. The van der Waals surface area contributed by atoms with Crippen molar-refractivity contribution in [3.05, 3.63) is 56.7 Å². The molecule has 0 aliphatic rings. The Labute approximate surface area is 158 Å². The van der Waals surface area contributed by atoms with Crippen LogP contribution in [0.5, 0.6) is 0 Å². The van der Waals surface area contributed by atoms with Crippen LogP contribution in [0, 0.1) is 6.92 Å². The summed E-state index contributed by atoms with van der Waals surface area (Å²) in [5.41, 5.74) is 1.35. The maximum atomic E-state index is 12.6. The predicted molar refractivity (Wildman–Crippen MR) is 108 cm³/mol. The number of aromatic nitrogens is 3. The summed E-state index contributed by atoms with van der Waals surface area (Å²) in [4.78, 5) is 21.1. The Morgan fingerprint density at radius 2 is 1.60 bits per heavy atom. The summed E-state index contributed by atoms with van der Waals surface area (Å²) in [5.74, 6) is 0.612. The van der Waals surface area contributed by atoms with Gasteiger partial charge in [0.2, 0.25) is 0 Å². The minimum absolute atomic E-state index is 0.199. The molecule has 4 nitrogen and oxygen atoms in total. The molecule has 0 radical (unpaired) electrons. The van der Waals surface area contributed by atoms with Crippen molar-refractivity contribution in [1.82, 2.24) is 14.5 Å². The van der Waals surface area contributed by atoms with Crippen molar-refractivity contribution in [1.29, 1.82) is 0 Å². The third kappa shape index (κ3) is 4.39. The number of benzene rings is 1. The van der Waals surface area contributed by atoms with Gasteiger partial charge < -0.3 is 0 Å². The second-order valence-electron chi connectivity index (χ2n) is 4.72. The van der Waals surface area contributed by atoms with Crippen molar-refractivity contribution in [2.75, 3.05) is 0 Å². The average molecular weight is 380 g/mol. The third-order valence-electron chi connectivity index (χ3n) is 3.30. The van der Waals surface area contributed by atoms with E-state index >= 15 is 0 Å². The lowest BCUT2D eigenvalue weighted by molar-refractivity contribution is 0.878. The fraction of sp³-hybridized carbons (Fsp3) is 0.316. The minimum atomic E-state index is -0.199. The molecule has 0 N–H and O–H groups in total. The molecule has 0 saturated carbocycles. The van der Waals surface area contributed by atoms with E-state index in [1.54, 1.807) is 44.4 Å². The number of halogens is 2. The van der Waals surface area contributed by atoms with Crippen LogP contribution in [0.1, 0.15) is 33.5 Å². The van der Waals surface area contributed by atoms with Gasteiger partial charge in [-0.25, -0.2) is 9.97 Å². The van der Waals surface area contributed by atoms with Gasteiger partial charge >= 0.3 is 0 Å². The van der Waals surface area contributed by atoms with Crippen LogP contribution in [0.4, 0.5) is 0 Å². The quantitative estimate of drug-likeness (QED) is 0.547. The fourth-order valence-corrected chi connectivity index (χ4v) is 2.87. The van der Waals surface area contributed by atoms with E-state index in [0.29, 0.717) is 32.6 Å². The predicted octanol–water partition coefficient (Wildman–Crippen LogP) is 5.66. The van der Waals surface area contributed by atoms with Crippen LogP contribution in [-0.4, -0.2) is 14.5 Å². The Hall–Kier alpha value is -1.91. The second kappa shape index (κ2) is 9.54. The fourth-order valence-electron chi connectivity index (χ4n) is 2.27. The summed E-state index contributed by atoms with van der Waals surface area (Å²) < 4.78 is 1.49. The Balaban J connectivity index is 0.000000730. The van der Waals surface area contributed by atoms with Gasteiger partial charge in [-0.15, -0.1) is 0 Å². The van der Waals surface area contributed by atoms with Gasteiger partial charge in [0.1, 0.15) is 11.5 Å². The molecule has 0 aliphatic carbocycles. The molecule has 6 heteroatoms. The van der Waals surface area contributed by atoms with Gasteiger partial charge in [-0.3, -0.25) is 9.36 Å². The van der Waals surface area contributed by atoms with E-state index in [-0.39, 0.29) is 5.56 Å². The highest BCUT2D eigenvalue weighted by Gasteiger charge is 2.15. The first kappa shape index (κ1) is 21.1. The van der Waals surface area contributed by atoms with Crippen LogP contribution in [0.15, 0.2) is 35.3 Å². The number of hydrogen-bond donors (Lipinski definition) is 0. The van der Waals surface area contributed by atoms with Crippen LogP contribution < -0.4 is 5.56 Å². The molecule has 0 saturated heterocycles. The molecule has 0 spiro atoms. The van der Waals surface area contributed by atoms with E-state index in [0.717, 1.165) is 5.39 Å². The molecular formula is C19H23Cl2N3O. The zero-order valence-electron chi connectivity index (χ0n) is 15.4. The van der Waals surface area contributed by atoms with Gasteiger partial charge in [-0.1, -0.05) is 57.0 Å². The molecule has 2 heterocycles. The highest BCUT2D eigenvalue weighted by atomic mass is 35.5. The van der Waals surface area contributed by atoms with Crippen molar-refractivity contribution in [3.8, 4) is 11.1 Å². The zero-order chi connectivity index (χ0) is 19.1. The monoisotopic (exact) mass is 379 g/mol. The number of hydrogen-bond acceptors (Lipinski definition) is 3. The van der Waals surface area contributed by atoms with E-state index < -0.39 is 0 Å². The molecule has 134 valence electrons. The first-order valence-electron chi connectivity index (χ1n) is 8.27. The van der Waals surface area contributed by atoms with Crippen molar-refractivity contribution in [3.63, 3.8) is 0 Å². The van der Waals surface area contributed by atoms with E-state index in [9.17, 15) is 4.79 Å². The largest absolute Gasteiger partial charge is 0.295 e. The van der Waals surface area contributed by atoms with Crippen LogP contribution in [0.25, 0.3) is 22.2 Å². The van der Waals surface area contributed by atoms with E-state index in [1.807, 2.05) is 27.7 Å². The van der Waals surface area contributed by atoms with Crippen LogP contribution in [0.3, 0.4) is 0 Å². The summed E-state index contributed by atoms with van der Waals surface area (Å²) in [6.45, 7) is 9.78. The van der Waals surface area contributed by atoms with E-state index in [1.165, 1.54) is 4.57 Å². The zero-order valence-corrected chi connectivity index (χ0v) is 16.9. The molecule has 3 aromatic rings. The van der Waals surface area contributed by atoms with Crippen molar-refractivity contribution >= 4 is 34.2 Å². The lowest BCUT2D eigenvalue weighted by Crippen LogP contribution is -2.20. The van der Waals surface area contributed by atoms with Gasteiger partial charge in [-0.05, 0) is 25.1 Å². The lowest BCUT2D eigenvalue weighted by atomic mass is 10.1. The average Bonchev–Trinajstić information content (AvgIpc) is 2.63. The molecular weight excluding hydrogens is 357 g/mol. The van der Waals surface area contributed by atoms with Gasteiger partial charge in [0, 0.05) is 24.2 Å². The number of nitrogens with zero attached hydrogens (tertiary/aromatic N) is 3. The highest BCUT2D eigenvalue weighted by molar-refractivity contribution is 6.39. The lowest BCUT2D eigenvalue weighted by Gasteiger charge is -2.10. The molecule has 0 amide bonds. The Morgan fingerprint density at radius 3 is 2.16 bits per heavy atom. The summed E-state index contributed by atoms with van der Waals surface area (Å²) in [6.07, 6.45) is 1.69. The maximum absolute atomic E-state index is 12.6.